The van der Waals surface area contributed by atoms with E-state index in [2.05, 4.69) is 0 Å². The van der Waals surface area contributed by atoms with E-state index in [4.69, 9.17) is 10.5 Å². The van der Waals surface area contributed by atoms with E-state index >= 15 is 0 Å². The summed E-state index contributed by atoms with van der Waals surface area (Å²) in [5.41, 5.74) is 7.06. The van der Waals surface area contributed by atoms with Crippen molar-refractivity contribution in [3.8, 4) is 5.75 Å². The number of hydrogen-bond acceptors (Lipinski definition) is 3. The number of benzene rings is 1. The third-order valence-electron chi connectivity index (χ3n) is 2.82. The lowest BCUT2D eigenvalue weighted by atomic mass is 10.0. The molecule has 0 aliphatic rings. The summed E-state index contributed by atoms with van der Waals surface area (Å²) in [5.74, 6) is -0.112. The Morgan fingerprint density at radius 2 is 2.11 bits per heavy atom. The fourth-order valence-electron chi connectivity index (χ4n) is 1.73. The van der Waals surface area contributed by atoms with E-state index in [0.717, 1.165) is 12.0 Å². The number of nitrogens with two attached hydrogens (primary N) is 1. The molecule has 0 fully saturated rings. The minimum atomic E-state index is -0.360. The van der Waals surface area contributed by atoms with Gasteiger partial charge in [-0.15, -0.1) is 0 Å². The van der Waals surface area contributed by atoms with Crippen molar-refractivity contribution >= 4 is 11.3 Å². The van der Waals surface area contributed by atoms with Gasteiger partial charge in [-0.25, -0.2) is 4.39 Å². The Hall–Kier alpha value is -1.39. The maximum absolute atomic E-state index is 13.6. The van der Waals surface area contributed by atoms with Gasteiger partial charge in [0, 0.05) is 11.6 Å². The molecule has 2 N–H and O–H groups in total. The van der Waals surface area contributed by atoms with Crippen LogP contribution in [0.2, 0.25) is 0 Å². The van der Waals surface area contributed by atoms with Gasteiger partial charge in [-0.2, -0.15) is 11.3 Å². The average molecular weight is 265 g/mol. The van der Waals surface area contributed by atoms with Crippen LogP contribution in [-0.2, 0) is 0 Å². The van der Waals surface area contributed by atoms with Gasteiger partial charge in [-0.3, -0.25) is 0 Å². The van der Waals surface area contributed by atoms with Crippen molar-refractivity contribution in [1.29, 1.82) is 0 Å². The second-order valence-corrected chi connectivity index (χ2v) is 4.88. The molecule has 2 nitrogen and oxygen atoms in total. The zero-order chi connectivity index (χ0) is 13.0. The highest BCUT2D eigenvalue weighted by atomic mass is 32.1. The molecule has 1 aromatic heterocycles. The molecule has 0 bridgehead atoms. The van der Waals surface area contributed by atoms with Gasteiger partial charge in [-0.1, -0.05) is 19.1 Å². The predicted molar refractivity (Wildman–Crippen MR) is 72.4 cm³/mol. The van der Waals surface area contributed by atoms with Gasteiger partial charge in [0.25, 0.3) is 0 Å². The van der Waals surface area contributed by atoms with Crippen LogP contribution in [0.4, 0.5) is 4.39 Å². The minimum Gasteiger partial charge on any atom is -0.481 e. The van der Waals surface area contributed by atoms with Crippen molar-refractivity contribution in [2.75, 3.05) is 0 Å². The molecule has 18 heavy (non-hydrogen) atoms. The predicted octanol–water partition coefficient (Wildman–Crippen LogP) is 3.74. The Labute approximate surface area is 110 Å². The van der Waals surface area contributed by atoms with Crippen LogP contribution in [0.25, 0.3) is 0 Å². The average Bonchev–Trinajstić information content (AvgIpc) is 2.90. The zero-order valence-corrected chi connectivity index (χ0v) is 11.0. The van der Waals surface area contributed by atoms with Crippen molar-refractivity contribution < 1.29 is 9.13 Å². The van der Waals surface area contributed by atoms with Gasteiger partial charge in [0.15, 0.2) is 11.6 Å². The van der Waals surface area contributed by atoms with Crippen molar-refractivity contribution in [2.24, 2.45) is 5.73 Å². The Morgan fingerprint density at radius 1 is 1.33 bits per heavy atom. The molecule has 2 unspecified atom stereocenters. The maximum atomic E-state index is 13.6. The van der Waals surface area contributed by atoms with Gasteiger partial charge in [0.05, 0.1) is 0 Å². The fourth-order valence-corrected chi connectivity index (χ4v) is 2.41. The SMILES string of the molecule is CCC(N)C(Oc1ccccc1F)c1ccsc1. The molecule has 2 aromatic rings. The highest BCUT2D eigenvalue weighted by Crippen LogP contribution is 2.28. The van der Waals surface area contributed by atoms with Gasteiger partial charge >= 0.3 is 0 Å². The molecule has 0 saturated heterocycles. The monoisotopic (exact) mass is 265 g/mol. The van der Waals surface area contributed by atoms with Crippen molar-refractivity contribution in [2.45, 2.75) is 25.5 Å². The summed E-state index contributed by atoms with van der Waals surface area (Å²) in [6.45, 7) is 1.99. The molecule has 1 heterocycles. The van der Waals surface area contributed by atoms with Crippen LogP contribution in [0.3, 0.4) is 0 Å². The quantitative estimate of drug-likeness (QED) is 0.893. The van der Waals surface area contributed by atoms with E-state index < -0.39 is 0 Å². The molecule has 0 aliphatic heterocycles. The molecule has 96 valence electrons. The number of halogens is 1. The minimum absolute atomic E-state index is 0.154. The third-order valence-corrected chi connectivity index (χ3v) is 3.52. The van der Waals surface area contributed by atoms with E-state index in [0.29, 0.717) is 0 Å². The fraction of sp³-hybridized carbons (Fsp3) is 0.286. The van der Waals surface area contributed by atoms with Gasteiger partial charge < -0.3 is 10.5 Å². The largest absolute Gasteiger partial charge is 0.481 e. The molecule has 4 heteroatoms. The van der Waals surface area contributed by atoms with Crippen molar-refractivity contribution in [1.82, 2.24) is 0 Å². The van der Waals surface area contributed by atoms with Crippen LogP contribution in [0.15, 0.2) is 41.1 Å². The van der Waals surface area contributed by atoms with Crippen LogP contribution in [0, 0.1) is 5.82 Å². The molecule has 0 aliphatic carbocycles. The number of rotatable bonds is 5. The highest BCUT2D eigenvalue weighted by molar-refractivity contribution is 7.07. The molecular formula is C14H16FNOS. The molecule has 2 atom stereocenters. The van der Waals surface area contributed by atoms with Crippen LogP contribution in [0.1, 0.15) is 25.0 Å². The highest BCUT2D eigenvalue weighted by Gasteiger charge is 2.22. The normalized spacial score (nSPS) is 14.2. The summed E-state index contributed by atoms with van der Waals surface area (Å²) < 4.78 is 19.3. The summed E-state index contributed by atoms with van der Waals surface area (Å²) in [7, 11) is 0. The summed E-state index contributed by atoms with van der Waals surface area (Å²) >= 11 is 1.58. The molecule has 0 spiro atoms. The van der Waals surface area contributed by atoms with E-state index in [-0.39, 0.29) is 23.7 Å². The Morgan fingerprint density at radius 3 is 2.72 bits per heavy atom. The van der Waals surface area contributed by atoms with E-state index in [1.54, 1.807) is 29.5 Å². The third kappa shape index (κ3) is 2.89. The molecule has 2 rings (SSSR count). The summed E-state index contributed by atoms with van der Waals surface area (Å²) in [4.78, 5) is 0. The lowest BCUT2D eigenvalue weighted by Gasteiger charge is -2.23. The van der Waals surface area contributed by atoms with Crippen LogP contribution in [0.5, 0.6) is 5.75 Å². The van der Waals surface area contributed by atoms with Crippen molar-refractivity contribution in [3.63, 3.8) is 0 Å². The first kappa shape index (κ1) is 13.1. The van der Waals surface area contributed by atoms with Crippen LogP contribution in [-0.4, -0.2) is 6.04 Å². The topological polar surface area (TPSA) is 35.2 Å². The van der Waals surface area contributed by atoms with Gasteiger partial charge in [0.2, 0.25) is 0 Å². The molecule has 0 saturated carbocycles. The zero-order valence-electron chi connectivity index (χ0n) is 10.2. The molecule has 1 aromatic carbocycles. The van der Waals surface area contributed by atoms with Gasteiger partial charge in [-0.05, 0) is 35.4 Å². The standard InChI is InChI=1S/C14H16FNOS/c1-2-12(16)14(10-7-8-18-9-10)17-13-6-4-3-5-11(13)15/h3-9,12,14H,2,16H2,1H3. The van der Waals surface area contributed by atoms with Crippen LogP contribution < -0.4 is 10.5 Å². The maximum Gasteiger partial charge on any atom is 0.165 e. The Balaban J connectivity index is 2.24. The number of para-hydroxylation sites is 1. The first-order chi connectivity index (χ1) is 8.72. The number of ether oxygens (including phenoxy) is 1. The summed E-state index contributed by atoms with van der Waals surface area (Å²) in [5, 5.41) is 3.95. The van der Waals surface area contributed by atoms with E-state index in [9.17, 15) is 4.39 Å². The smallest absolute Gasteiger partial charge is 0.165 e. The first-order valence-corrected chi connectivity index (χ1v) is 6.85. The molecule has 0 amide bonds. The lowest BCUT2D eigenvalue weighted by molar-refractivity contribution is 0.164. The first-order valence-electron chi connectivity index (χ1n) is 5.91. The number of thiophene rings is 1. The summed E-state index contributed by atoms with van der Waals surface area (Å²) in [6, 6.07) is 8.21. The summed E-state index contributed by atoms with van der Waals surface area (Å²) in [6.07, 6.45) is 0.466. The molecule has 0 radical (unpaired) electrons. The Bertz CT molecular complexity index is 486. The second-order valence-electron chi connectivity index (χ2n) is 4.10. The molecular weight excluding hydrogens is 249 g/mol. The Kier molecular flexibility index (Phi) is 4.33. The van der Waals surface area contributed by atoms with Crippen molar-refractivity contribution in [3.05, 3.63) is 52.5 Å². The number of hydrogen-bond donors (Lipinski definition) is 1. The van der Waals surface area contributed by atoms with E-state index in [1.807, 2.05) is 23.8 Å². The van der Waals surface area contributed by atoms with Gasteiger partial charge in [0.1, 0.15) is 6.10 Å². The second kappa shape index (κ2) is 5.98. The van der Waals surface area contributed by atoms with E-state index in [1.165, 1.54) is 6.07 Å². The van der Waals surface area contributed by atoms with Crippen LogP contribution >= 0.6 is 11.3 Å². The lowest BCUT2D eigenvalue weighted by Crippen LogP contribution is -2.31.